The standard InChI is InChI=1S/C27H21BrO3/c28-22-15-16-26(31-19-21-11-5-2-6-12-21)24(17-22)27(29)23-13-7-8-14-25(23)30-18-20-9-3-1-4-10-20/h1-17H,18-19H2. The van der Waals surface area contributed by atoms with Crippen molar-refractivity contribution in [3.63, 3.8) is 0 Å². The molecule has 0 spiro atoms. The highest BCUT2D eigenvalue weighted by Gasteiger charge is 2.19. The minimum atomic E-state index is -0.145. The molecule has 31 heavy (non-hydrogen) atoms. The van der Waals surface area contributed by atoms with Gasteiger partial charge in [0.1, 0.15) is 24.7 Å². The molecule has 0 fully saturated rings. The fourth-order valence-electron chi connectivity index (χ4n) is 3.20. The van der Waals surface area contributed by atoms with Gasteiger partial charge in [0, 0.05) is 4.47 Å². The highest BCUT2D eigenvalue weighted by Crippen LogP contribution is 2.30. The number of halogens is 1. The van der Waals surface area contributed by atoms with Crippen LogP contribution in [0.15, 0.2) is 108 Å². The number of ether oxygens (including phenoxy) is 2. The van der Waals surface area contributed by atoms with Crippen LogP contribution in [0.25, 0.3) is 0 Å². The van der Waals surface area contributed by atoms with Crippen molar-refractivity contribution < 1.29 is 14.3 Å². The summed E-state index contributed by atoms with van der Waals surface area (Å²) in [4.78, 5) is 13.5. The van der Waals surface area contributed by atoms with Crippen LogP contribution in [0, 0.1) is 0 Å². The second-order valence-electron chi connectivity index (χ2n) is 7.01. The highest BCUT2D eigenvalue weighted by atomic mass is 79.9. The van der Waals surface area contributed by atoms with Crippen LogP contribution in [-0.4, -0.2) is 5.78 Å². The molecule has 0 bridgehead atoms. The number of hydrogen-bond acceptors (Lipinski definition) is 3. The van der Waals surface area contributed by atoms with Crippen LogP contribution in [0.1, 0.15) is 27.0 Å². The van der Waals surface area contributed by atoms with Crippen LogP contribution in [0.4, 0.5) is 0 Å². The fraction of sp³-hybridized carbons (Fsp3) is 0.0741. The number of benzene rings is 4. The Morgan fingerprint density at radius 1 is 0.613 bits per heavy atom. The van der Waals surface area contributed by atoms with E-state index in [0.29, 0.717) is 35.8 Å². The number of carbonyl (C=O) groups excluding carboxylic acids is 1. The lowest BCUT2D eigenvalue weighted by molar-refractivity contribution is 0.103. The van der Waals surface area contributed by atoms with Crippen molar-refractivity contribution in [3.05, 3.63) is 130 Å². The smallest absolute Gasteiger partial charge is 0.200 e. The molecule has 0 atom stereocenters. The molecular weight excluding hydrogens is 452 g/mol. The average Bonchev–Trinajstić information content (AvgIpc) is 2.83. The largest absolute Gasteiger partial charge is 0.488 e. The summed E-state index contributed by atoms with van der Waals surface area (Å²) in [5.41, 5.74) is 3.07. The van der Waals surface area contributed by atoms with Gasteiger partial charge in [-0.05, 0) is 41.5 Å². The zero-order valence-corrected chi connectivity index (χ0v) is 18.4. The topological polar surface area (TPSA) is 35.5 Å². The van der Waals surface area contributed by atoms with Crippen LogP contribution in [-0.2, 0) is 13.2 Å². The number of ketones is 1. The molecular formula is C27H21BrO3. The molecule has 4 rings (SSSR count). The Morgan fingerprint density at radius 3 is 1.74 bits per heavy atom. The number of hydrogen-bond donors (Lipinski definition) is 0. The molecule has 0 aliphatic rings. The summed E-state index contributed by atoms with van der Waals surface area (Å²) >= 11 is 3.47. The third kappa shape index (κ3) is 5.41. The first-order chi connectivity index (χ1) is 15.2. The van der Waals surface area contributed by atoms with Crippen molar-refractivity contribution >= 4 is 21.7 Å². The molecule has 0 aliphatic heterocycles. The third-order valence-corrected chi connectivity index (χ3v) is 5.29. The molecule has 0 aliphatic carbocycles. The minimum Gasteiger partial charge on any atom is -0.488 e. The van der Waals surface area contributed by atoms with Crippen LogP contribution in [0.3, 0.4) is 0 Å². The van der Waals surface area contributed by atoms with Crippen molar-refractivity contribution in [2.24, 2.45) is 0 Å². The van der Waals surface area contributed by atoms with E-state index in [9.17, 15) is 4.79 Å². The summed E-state index contributed by atoms with van der Waals surface area (Å²) in [7, 11) is 0. The van der Waals surface area contributed by atoms with Gasteiger partial charge in [0.2, 0.25) is 5.78 Å². The molecule has 4 aromatic carbocycles. The Labute approximate surface area is 190 Å². The molecule has 154 valence electrons. The molecule has 0 aromatic heterocycles. The lowest BCUT2D eigenvalue weighted by Crippen LogP contribution is -2.08. The van der Waals surface area contributed by atoms with E-state index in [4.69, 9.17) is 9.47 Å². The van der Waals surface area contributed by atoms with Gasteiger partial charge < -0.3 is 9.47 Å². The van der Waals surface area contributed by atoms with Gasteiger partial charge in [0.25, 0.3) is 0 Å². The first-order valence-electron chi connectivity index (χ1n) is 9.97. The number of rotatable bonds is 8. The predicted molar refractivity (Wildman–Crippen MR) is 126 cm³/mol. The van der Waals surface area contributed by atoms with Gasteiger partial charge in [-0.3, -0.25) is 4.79 Å². The first-order valence-corrected chi connectivity index (χ1v) is 10.8. The lowest BCUT2D eigenvalue weighted by Gasteiger charge is -2.14. The van der Waals surface area contributed by atoms with E-state index in [-0.39, 0.29) is 5.78 Å². The summed E-state index contributed by atoms with van der Waals surface area (Å²) in [6.07, 6.45) is 0. The Kier molecular flexibility index (Phi) is 6.80. The Morgan fingerprint density at radius 2 is 1.13 bits per heavy atom. The predicted octanol–water partition coefficient (Wildman–Crippen LogP) is 6.84. The number of carbonyl (C=O) groups is 1. The van der Waals surface area contributed by atoms with Crippen LogP contribution in [0.5, 0.6) is 11.5 Å². The van der Waals surface area contributed by atoms with Gasteiger partial charge in [-0.1, -0.05) is 88.7 Å². The second-order valence-corrected chi connectivity index (χ2v) is 7.93. The molecule has 0 heterocycles. The maximum Gasteiger partial charge on any atom is 0.200 e. The Hall–Kier alpha value is -3.37. The molecule has 3 nitrogen and oxygen atoms in total. The molecule has 0 amide bonds. The van der Waals surface area contributed by atoms with E-state index in [2.05, 4.69) is 15.9 Å². The van der Waals surface area contributed by atoms with E-state index in [1.54, 1.807) is 12.1 Å². The van der Waals surface area contributed by atoms with Gasteiger partial charge in [-0.25, -0.2) is 0 Å². The maximum absolute atomic E-state index is 13.5. The third-order valence-electron chi connectivity index (χ3n) is 4.79. The SMILES string of the molecule is O=C(c1ccccc1OCc1ccccc1)c1cc(Br)ccc1OCc1ccccc1. The van der Waals surface area contributed by atoms with Gasteiger partial charge in [0.05, 0.1) is 11.1 Å². The highest BCUT2D eigenvalue weighted by molar-refractivity contribution is 9.10. The van der Waals surface area contributed by atoms with Crippen molar-refractivity contribution in [2.45, 2.75) is 13.2 Å². The molecule has 0 unspecified atom stereocenters. The maximum atomic E-state index is 13.5. The van der Waals surface area contributed by atoms with Crippen molar-refractivity contribution in [2.75, 3.05) is 0 Å². The zero-order chi connectivity index (χ0) is 21.5. The summed E-state index contributed by atoms with van der Waals surface area (Å²) in [6, 6.07) is 32.5. The van der Waals surface area contributed by atoms with E-state index >= 15 is 0 Å². The monoisotopic (exact) mass is 472 g/mol. The minimum absolute atomic E-state index is 0.145. The Balaban J connectivity index is 1.58. The molecule has 0 radical (unpaired) electrons. The van der Waals surface area contributed by atoms with Crippen molar-refractivity contribution in [1.29, 1.82) is 0 Å². The van der Waals surface area contributed by atoms with Gasteiger partial charge in [-0.15, -0.1) is 0 Å². The van der Waals surface area contributed by atoms with Crippen LogP contribution in [0.2, 0.25) is 0 Å². The molecule has 4 aromatic rings. The summed E-state index contributed by atoms with van der Waals surface area (Å²) in [5, 5.41) is 0. The normalized spacial score (nSPS) is 10.5. The molecule has 0 N–H and O–H groups in total. The summed E-state index contributed by atoms with van der Waals surface area (Å²) < 4.78 is 12.8. The van der Waals surface area contributed by atoms with E-state index in [0.717, 1.165) is 15.6 Å². The van der Waals surface area contributed by atoms with E-state index < -0.39 is 0 Å². The van der Waals surface area contributed by atoms with E-state index in [1.807, 2.05) is 91.0 Å². The summed E-state index contributed by atoms with van der Waals surface area (Å²) in [5.74, 6) is 0.938. The van der Waals surface area contributed by atoms with E-state index in [1.165, 1.54) is 0 Å². The van der Waals surface area contributed by atoms with Crippen molar-refractivity contribution in [3.8, 4) is 11.5 Å². The molecule has 0 saturated carbocycles. The van der Waals surface area contributed by atoms with Gasteiger partial charge >= 0.3 is 0 Å². The zero-order valence-electron chi connectivity index (χ0n) is 16.8. The average molecular weight is 473 g/mol. The van der Waals surface area contributed by atoms with Gasteiger partial charge in [0.15, 0.2) is 0 Å². The molecule has 0 saturated heterocycles. The van der Waals surface area contributed by atoms with Crippen LogP contribution >= 0.6 is 15.9 Å². The first kappa shape index (κ1) is 20.9. The Bertz CT molecular complexity index is 1160. The molecule has 4 heteroatoms. The quantitative estimate of drug-likeness (QED) is 0.263. The number of para-hydroxylation sites is 1. The second kappa shape index (κ2) is 10.1. The fourth-order valence-corrected chi connectivity index (χ4v) is 3.56. The summed E-state index contributed by atoms with van der Waals surface area (Å²) in [6.45, 7) is 0.774. The van der Waals surface area contributed by atoms with Crippen LogP contribution < -0.4 is 9.47 Å². The lowest BCUT2D eigenvalue weighted by atomic mass is 10.0. The van der Waals surface area contributed by atoms with Crippen molar-refractivity contribution in [1.82, 2.24) is 0 Å². The van der Waals surface area contributed by atoms with Gasteiger partial charge in [-0.2, -0.15) is 0 Å².